The summed E-state index contributed by atoms with van der Waals surface area (Å²) < 4.78 is 4.89. The van der Waals surface area contributed by atoms with Crippen molar-refractivity contribution in [3.8, 4) is 0 Å². The van der Waals surface area contributed by atoms with Gasteiger partial charge in [-0.1, -0.05) is 13.8 Å². The van der Waals surface area contributed by atoms with Gasteiger partial charge in [0.2, 0.25) is 0 Å². The summed E-state index contributed by atoms with van der Waals surface area (Å²) in [6.07, 6.45) is 2.42. The molecule has 3 heteroatoms. The van der Waals surface area contributed by atoms with E-state index in [-0.39, 0.29) is 17.7 Å². The highest BCUT2D eigenvalue weighted by Gasteiger charge is 2.39. The molecule has 0 aliphatic heterocycles. The SMILES string of the molecule is CCOC(=O)C1CCC(CC(C)C)C1=O. The van der Waals surface area contributed by atoms with E-state index in [0.29, 0.717) is 18.9 Å². The molecule has 1 aliphatic rings. The van der Waals surface area contributed by atoms with Crippen LogP contribution in [0.2, 0.25) is 0 Å². The average Bonchev–Trinajstić information content (AvgIpc) is 2.48. The molecule has 0 saturated heterocycles. The Morgan fingerprint density at radius 1 is 1.47 bits per heavy atom. The molecule has 1 saturated carbocycles. The Morgan fingerprint density at radius 2 is 2.13 bits per heavy atom. The Morgan fingerprint density at radius 3 is 2.67 bits per heavy atom. The zero-order valence-electron chi connectivity index (χ0n) is 9.79. The zero-order chi connectivity index (χ0) is 11.4. The summed E-state index contributed by atoms with van der Waals surface area (Å²) in [6, 6.07) is 0. The Labute approximate surface area is 91.2 Å². The smallest absolute Gasteiger partial charge is 0.316 e. The number of ether oxygens (including phenoxy) is 1. The highest BCUT2D eigenvalue weighted by Crippen LogP contribution is 2.32. The maximum absolute atomic E-state index is 11.9. The standard InChI is InChI=1S/C12H20O3/c1-4-15-12(14)10-6-5-9(11(10)13)7-8(2)3/h8-10H,4-7H2,1-3H3. The van der Waals surface area contributed by atoms with Gasteiger partial charge in [0.1, 0.15) is 11.7 Å². The summed E-state index contributed by atoms with van der Waals surface area (Å²) in [6.45, 7) is 6.33. The lowest BCUT2D eigenvalue weighted by Gasteiger charge is -2.11. The van der Waals surface area contributed by atoms with Crippen molar-refractivity contribution in [3.63, 3.8) is 0 Å². The first-order chi connectivity index (χ1) is 7.06. The summed E-state index contributed by atoms with van der Waals surface area (Å²) in [7, 11) is 0. The van der Waals surface area contributed by atoms with E-state index in [1.165, 1.54) is 0 Å². The first-order valence-electron chi connectivity index (χ1n) is 5.76. The largest absolute Gasteiger partial charge is 0.465 e. The molecule has 0 N–H and O–H groups in total. The number of ketones is 1. The van der Waals surface area contributed by atoms with Crippen molar-refractivity contribution in [2.45, 2.75) is 40.0 Å². The Kier molecular flexibility index (Phi) is 4.30. The van der Waals surface area contributed by atoms with Gasteiger partial charge in [-0.3, -0.25) is 9.59 Å². The van der Waals surface area contributed by atoms with E-state index in [1.807, 2.05) is 0 Å². The molecular weight excluding hydrogens is 192 g/mol. The van der Waals surface area contributed by atoms with Gasteiger partial charge in [0.15, 0.2) is 0 Å². The molecule has 0 radical (unpaired) electrons. The first-order valence-corrected chi connectivity index (χ1v) is 5.76. The van der Waals surface area contributed by atoms with E-state index in [0.717, 1.165) is 12.8 Å². The van der Waals surface area contributed by atoms with Gasteiger partial charge in [-0.25, -0.2) is 0 Å². The third-order valence-electron chi connectivity index (χ3n) is 2.88. The second-order valence-electron chi connectivity index (χ2n) is 4.61. The van der Waals surface area contributed by atoms with Crippen LogP contribution in [0.25, 0.3) is 0 Å². The fourth-order valence-corrected chi connectivity index (χ4v) is 2.22. The second kappa shape index (κ2) is 5.29. The molecule has 0 aromatic heterocycles. The van der Waals surface area contributed by atoms with E-state index < -0.39 is 5.92 Å². The van der Waals surface area contributed by atoms with E-state index in [1.54, 1.807) is 6.92 Å². The number of esters is 1. The van der Waals surface area contributed by atoms with Crippen molar-refractivity contribution >= 4 is 11.8 Å². The van der Waals surface area contributed by atoms with Gasteiger partial charge in [-0.2, -0.15) is 0 Å². The summed E-state index contributed by atoms with van der Waals surface area (Å²) in [5, 5.41) is 0. The summed E-state index contributed by atoms with van der Waals surface area (Å²) in [5.41, 5.74) is 0. The van der Waals surface area contributed by atoms with E-state index in [2.05, 4.69) is 13.8 Å². The molecule has 1 aliphatic carbocycles. The molecule has 0 heterocycles. The molecule has 0 aromatic rings. The number of carbonyl (C=O) groups is 2. The predicted octanol–water partition coefficient (Wildman–Crippen LogP) is 2.19. The summed E-state index contributed by atoms with van der Waals surface area (Å²) in [4.78, 5) is 23.3. The fourth-order valence-electron chi connectivity index (χ4n) is 2.22. The first kappa shape index (κ1) is 12.2. The van der Waals surface area contributed by atoms with E-state index in [9.17, 15) is 9.59 Å². The normalized spacial score (nSPS) is 26.0. The molecule has 15 heavy (non-hydrogen) atoms. The predicted molar refractivity (Wildman–Crippen MR) is 57.3 cm³/mol. The summed E-state index contributed by atoms with van der Waals surface area (Å²) in [5.74, 6) is -0.107. The van der Waals surface area contributed by atoms with Crippen LogP contribution in [-0.2, 0) is 14.3 Å². The molecule has 2 unspecified atom stereocenters. The Bertz CT molecular complexity index is 245. The number of hydrogen-bond donors (Lipinski definition) is 0. The minimum absolute atomic E-state index is 0.0828. The van der Waals surface area contributed by atoms with E-state index in [4.69, 9.17) is 4.74 Å². The third kappa shape index (κ3) is 3.05. The van der Waals surface area contributed by atoms with Crippen LogP contribution < -0.4 is 0 Å². The monoisotopic (exact) mass is 212 g/mol. The fraction of sp³-hybridized carbons (Fsp3) is 0.833. The van der Waals surface area contributed by atoms with Gasteiger partial charge in [-0.15, -0.1) is 0 Å². The van der Waals surface area contributed by atoms with Crippen LogP contribution in [0.4, 0.5) is 0 Å². The van der Waals surface area contributed by atoms with Crippen molar-refractivity contribution in [3.05, 3.63) is 0 Å². The van der Waals surface area contributed by atoms with E-state index >= 15 is 0 Å². The van der Waals surface area contributed by atoms with Crippen molar-refractivity contribution < 1.29 is 14.3 Å². The van der Waals surface area contributed by atoms with Crippen LogP contribution in [0.3, 0.4) is 0 Å². The highest BCUT2D eigenvalue weighted by atomic mass is 16.5. The molecular formula is C12H20O3. The molecule has 0 amide bonds. The molecule has 86 valence electrons. The van der Waals surface area contributed by atoms with Gasteiger partial charge in [-0.05, 0) is 32.1 Å². The highest BCUT2D eigenvalue weighted by molar-refractivity contribution is 6.01. The summed E-state index contributed by atoms with van der Waals surface area (Å²) >= 11 is 0. The van der Waals surface area contributed by atoms with Gasteiger partial charge in [0.25, 0.3) is 0 Å². The lowest BCUT2D eigenvalue weighted by atomic mass is 9.94. The molecule has 2 atom stereocenters. The van der Waals surface area contributed by atoms with Crippen LogP contribution >= 0.6 is 0 Å². The minimum Gasteiger partial charge on any atom is -0.465 e. The zero-order valence-corrected chi connectivity index (χ0v) is 9.79. The Balaban J connectivity index is 2.52. The maximum Gasteiger partial charge on any atom is 0.316 e. The average molecular weight is 212 g/mol. The number of hydrogen-bond acceptors (Lipinski definition) is 3. The van der Waals surface area contributed by atoms with Crippen LogP contribution in [0.1, 0.15) is 40.0 Å². The van der Waals surface area contributed by atoms with Crippen LogP contribution in [0.5, 0.6) is 0 Å². The lowest BCUT2D eigenvalue weighted by molar-refractivity contribution is -0.151. The van der Waals surface area contributed by atoms with Gasteiger partial charge < -0.3 is 4.74 Å². The number of carbonyl (C=O) groups excluding carboxylic acids is 2. The third-order valence-corrected chi connectivity index (χ3v) is 2.88. The maximum atomic E-state index is 11.9. The molecule has 0 bridgehead atoms. The van der Waals surface area contributed by atoms with Gasteiger partial charge >= 0.3 is 5.97 Å². The molecule has 0 aromatic carbocycles. The number of rotatable bonds is 4. The van der Waals surface area contributed by atoms with Crippen molar-refractivity contribution in [2.75, 3.05) is 6.61 Å². The van der Waals surface area contributed by atoms with Gasteiger partial charge in [0, 0.05) is 5.92 Å². The van der Waals surface area contributed by atoms with Crippen LogP contribution in [-0.4, -0.2) is 18.4 Å². The quantitative estimate of drug-likeness (QED) is 0.530. The number of Topliss-reactive ketones (excluding diaryl/α,β-unsaturated/α-hetero) is 1. The molecule has 1 rings (SSSR count). The Hall–Kier alpha value is -0.860. The minimum atomic E-state index is -0.478. The lowest BCUT2D eigenvalue weighted by Crippen LogP contribution is -2.24. The van der Waals surface area contributed by atoms with Crippen molar-refractivity contribution in [2.24, 2.45) is 17.8 Å². The molecule has 0 spiro atoms. The molecule has 3 nitrogen and oxygen atoms in total. The van der Waals surface area contributed by atoms with Crippen LogP contribution in [0.15, 0.2) is 0 Å². The second-order valence-corrected chi connectivity index (χ2v) is 4.61. The molecule has 1 fully saturated rings. The van der Waals surface area contributed by atoms with Crippen molar-refractivity contribution in [1.82, 2.24) is 0 Å². The van der Waals surface area contributed by atoms with Crippen LogP contribution in [0, 0.1) is 17.8 Å². The van der Waals surface area contributed by atoms with Crippen molar-refractivity contribution in [1.29, 1.82) is 0 Å². The van der Waals surface area contributed by atoms with Gasteiger partial charge in [0.05, 0.1) is 6.61 Å². The topological polar surface area (TPSA) is 43.4 Å².